The molecule has 1 spiro atoms. The maximum absolute atomic E-state index is 12.7. The molecule has 2 aliphatic rings. The van der Waals surface area contributed by atoms with Crippen LogP contribution >= 0.6 is 0 Å². The van der Waals surface area contributed by atoms with E-state index in [4.69, 9.17) is 14.2 Å². The van der Waals surface area contributed by atoms with Crippen LogP contribution < -0.4 is 9.47 Å². The second-order valence-electron chi connectivity index (χ2n) is 6.82. The Kier molecular flexibility index (Phi) is 4.48. The Morgan fingerprint density at radius 1 is 1.19 bits per heavy atom. The zero-order chi connectivity index (χ0) is 18.9. The summed E-state index contributed by atoms with van der Waals surface area (Å²) in [5, 5.41) is 0. The highest BCUT2D eigenvalue weighted by molar-refractivity contribution is 5.95. The van der Waals surface area contributed by atoms with Crippen LogP contribution in [0.5, 0.6) is 11.5 Å². The zero-order valence-electron chi connectivity index (χ0n) is 15.1. The van der Waals surface area contributed by atoms with Gasteiger partial charge in [0.05, 0.1) is 19.2 Å². The number of piperidine rings is 1. The van der Waals surface area contributed by atoms with E-state index in [1.54, 1.807) is 30.2 Å². The highest BCUT2D eigenvalue weighted by Crippen LogP contribution is 2.42. The van der Waals surface area contributed by atoms with Crippen molar-refractivity contribution in [1.82, 2.24) is 4.90 Å². The largest absolute Gasteiger partial charge is 0.497 e. The summed E-state index contributed by atoms with van der Waals surface area (Å²) >= 11 is 0. The SMILES string of the molecule is COc1cccc(OCC(=O)N2CCCC3(C2)OC(=O)c2ccccc23)c1. The molecule has 0 radical (unpaired) electrons. The van der Waals surface area contributed by atoms with Crippen molar-refractivity contribution in [2.45, 2.75) is 18.4 Å². The monoisotopic (exact) mass is 367 g/mol. The number of hydrogen-bond donors (Lipinski definition) is 0. The molecule has 140 valence electrons. The number of carbonyl (C=O) groups excluding carboxylic acids is 2. The third-order valence-electron chi connectivity index (χ3n) is 5.14. The number of benzene rings is 2. The minimum absolute atomic E-state index is 0.0706. The molecule has 6 heteroatoms. The number of amides is 1. The Balaban J connectivity index is 1.46. The van der Waals surface area contributed by atoms with E-state index < -0.39 is 5.60 Å². The molecule has 4 rings (SSSR count). The van der Waals surface area contributed by atoms with Crippen molar-refractivity contribution < 1.29 is 23.8 Å². The average Bonchev–Trinajstić information content (AvgIpc) is 2.98. The minimum Gasteiger partial charge on any atom is -0.497 e. The van der Waals surface area contributed by atoms with E-state index in [2.05, 4.69) is 0 Å². The molecule has 2 heterocycles. The Hall–Kier alpha value is -3.02. The molecule has 0 saturated carbocycles. The maximum atomic E-state index is 12.7. The van der Waals surface area contributed by atoms with Crippen molar-refractivity contribution in [1.29, 1.82) is 0 Å². The second-order valence-corrected chi connectivity index (χ2v) is 6.82. The molecule has 0 N–H and O–H groups in total. The Bertz CT molecular complexity index is 880. The van der Waals surface area contributed by atoms with Crippen LogP contribution in [0, 0.1) is 0 Å². The maximum Gasteiger partial charge on any atom is 0.339 e. The summed E-state index contributed by atoms with van der Waals surface area (Å²) < 4.78 is 16.5. The summed E-state index contributed by atoms with van der Waals surface area (Å²) in [6, 6.07) is 14.6. The Labute approximate surface area is 157 Å². The lowest BCUT2D eigenvalue weighted by atomic mass is 9.85. The lowest BCUT2D eigenvalue weighted by molar-refractivity contribution is -0.140. The fourth-order valence-corrected chi connectivity index (χ4v) is 3.81. The third-order valence-corrected chi connectivity index (χ3v) is 5.14. The molecule has 2 aliphatic heterocycles. The van der Waals surface area contributed by atoms with Crippen LogP contribution in [0.4, 0.5) is 0 Å². The van der Waals surface area contributed by atoms with E-state index >= 15 is 0 Å². The molecule has 0 aromatic heterocycles. The smallest absolute Gasteiger partial charge is 0.339 e. The van der Waals surface area contributed by atoms with Gasteiger partial charge in [-0.05, 0) is 31.0 Å². The molecule has 1 saturated heterocycles. The van der Waals surface area contributed by atoms with Gasteiger partial charge in [-0.2, -0.15) is 0 Å². The topological polar surface area (TPSA) is 65.1 Å². The first kappa shape index (κ1) is 17.4. The van der Waals surface area contributed by atoms with E-state index in [9.17, 15) is 9.59 Å². The second kappa shape index (κ2) is 6.95. The van der Waals surface area contributed by atoms with E-state index in [0.717, 1.165) is 18.4 Å². The molecular formula is C21H21NO5. The number of carbonyl (C=O) groups is 2. The van der Waals surface area contributed by atoms with E-state index in [1.807, 2.05) is 30.3 Å². The van der Waals surface area contributed by atoms with Crippen molar-refractivity contribution >= 4 is 11.9 Å². The van der Waals surface area contributed by atoms with Gasteiger partial charge in [-0.1, -0.05) is 24.3 Å². The average molecular weight is 367 g/mol. The van der Waals surface area contributed by atoms with Gasteiger partial charge < -0.3 is 19.1 Å². The predicted molar refractivity (Wildman–Crippen MR) is 97.8 cm³/mol. The third kappa shape index (κ3) is 3.23. The van der Waals surface area contributed by atoms with Gasteiger partial charge in [0.2, 0.25) is 0 Å². The summed E-state index contributed by atoms with van der Waals surface area (Å²) in [5.74, 6) is 0.809. The first-order valence-corrected chi connectivity index (χ1v) is 8.99. The molecule has 1 amide bonds. The van der Waals surface area contributed by atoms with Crippen molar-refractivity contribution in [3.63, 3.8) is 0 Å². The van der Waals surface area contributed by atoms with Crippen LogP contribution in [-0.2, 0) is 15.1 Å². The molecule has 2 aromatic rings. The van der Waals surface area contributed by atoms with Gasteiger partial charge in [0.15, 0.2) is 12.2 Å². The lowest BCUT2D eigenvalue weighted by Crippen LogP contribution is -2.50. The van der Waals surface area contributed by atoms with Crippen molar-refractivity contribution in [3.05, 3.63) is 59.7 Å². The van der Waals surface area contributed by atoms with Gasteiger partial charge in [-0.15, -0.1) is 0 Å². The van der Waals surface area contributed by atoms with Crippen LogP contribution in [-0.4, -0.2) is 43.6 Å². The number of likely N-dealkylation sites (tertiary alicyclic amines) is 1. The molecule has 27 heavy (non-hydrogen) atoms. The van der Waals surface area contributed by atoms with Gasteiger partial charge in [0.1, 0.15) is 11.5 Å². The van der Waals surface area contributed by atoms with Gasteiger partial charge in [0.25, 0.3) is 5.91 Å². The van der Waals surface area contributed by atoms with Crippen LogP contribution in [0.3, 0.4) is 0 Å². The standard InChI is InChI=1S/C21H21NO5/c1-25-15-6-4-7-16(12-15)26-13-19(23)22-11-5-10-21(14-22)18-9-3-2-8-17(18)20(24)27-21/h2-4,6-9,12H,5,10-11,13-14H2,1H3. The number of hydrogen-bond acceptors (Lipinski definition) is 5. The van der Waals surface area contributed by atoms with Crippen LogP contribution in [0.15, 0.2) is 48.5 Å². The number of rotatable bonds is 4. The number of nitrogens with zero attached hydrogens (tertiary/aromatic N) is 1. The Morgan fingerprint density at radius 2 is 2.00 bits per heavy atom. The molecule has 6 nitrogen and oxygen atoms in total. The summed E-state index contributed by atoms with van der Waals surface area (Å²) in [6.07, 6.45) is 1.49. The molecular weight excluding hydrogens is 346 g/mol. The minimum atomic E-state index is -0.739. The number of methoxy groups -OCH3 is 1. The van der Waals surface area contributed by atoms with Crippen LogP contribution in [0.1, 0.15) is 28.8 Å². The highest BCUT2D eigenvalue weighted by atomic mass is 16.6. The van der Waals surface area contributed by atoms with Crippen LogP contribution in [0.2, 0.25) is 0 Å². The normalized spacial score (nSPS) is 20.9. The van der Waals surface area contributed by atoms with Gasteiger partial charge in [-0.25, -0.2) is 4.79 Å². The fraction of sp³-hybridized carbons (Fsp3) is 0.333. The summed E-state index contributed by atoms with van der Waals surface area (Å²) in [7, 11) is 1.58. The molecule has 0 bridgehead atoms. The number of esters is 1. The number of ether oxygens (including phenoxy) is 3. The fourth-order valence-electron chi connectivity index (χ4n) is 3.81. The molecule has 0 aliphatic carbocycles. The molecule has 2 aromatic carbocycles. The highest BCUT2D eigenvalue weighted by Gasteiger charge is 2.48. The van der Waals surface area contributed by atoms with Gasteiger partial charge in [-0.3, -0.25) is 4.79 Å². The molecule has 1 atom stereocenters. The van der Waals surface area contributed by atoms with Gasteiger partial charge in [0, 0.05) is 18.2 Å². The predicted octanol–water partition coefficient (Wildman–Crippen LogP) is 2.76. The van der Waals surface area contributed by atoms with E-state index in [1.165, 1.54) is 0 Å². The lowest BCUT2D eigenvalue weighted by Gasteiger charge is -2.39. The first-order valence-electron chi connectivity index (χ1n) is 8.99. The number of fused-ring (bicyclic) bond motifs is 2. The van der Waals surface area contributed by atoms with Gasteiger partial charge >= 0.3 is 5.97 Å². The van der Waals surface area contributed by atoms with E-state index in [0.29, 0.717) is 30.2 Å². The summed E-state index contributed by atoms with van der Waals surface area (Å²) in [5.41, 5.74) is 0.734. The van der Waals surface area contributed by atoms with Crippen LogP contribution in [0.25, 0.3) is 0 Å². The Morgan fingerprint density at radius 3 is 2.85 bits per heavy atom. The van der Waals surface area contributed by atoms with Crippen molar-refractivity contribution in [2.24, 2.45) is 0 Å². The zero-order valence-corrected chi connectivity index (χ0v) is 15.1. The molecule has 1 fully saturated rings. The van der Waals surface area contributed by atoms with Crippen molar-refractivity contribution in [2.75, 3.05) is 26.8 Å². The summed E-state index contributed by atoms with van der Waals surface area (Å²) in [4.78, 5) is 26.6. The van der Waals surface area contributed by atoms with Crippen molar-refractivity contribution in [3.8, 4) is 11.5 Å². The quantitative estimate of drug-likeness (QED) is 0.778. The first-order chi connectivity index (χ1) is 13.1. The molecule has 1 unspecified atom stereocenters. The van der Waals surface area contributed by atoms with E-state index in [-0.39, 0.29) is 18.5 Å². The summed E-state index contributed by atoms with van der Waals surface area (Å²) in [6.45, 7) is 0.913.